The summed E-state index contributed by atoms with van der Waals surface area (Å²) in [6.07, 6.45) is 5.28. The van der Waals surface area contributed by atoms with Crippen LogP contribution in [-0.2, 0) is 6.61 Å². The molecule has 3 aromatic heterocycles. The minimum Gasteiger partial charge on any atom is -0.487 e. The molecule has 0 bridgehead atoms. The van der Waals surface area contributed by atoms with Crippen LogP contribution in [0.3, 0.4) is 0 Å². The number of nitrogens with zero attached hydrogens (tertiary/aromatic N) is 2. The highest BCUT2D eigenvalue weighted by Gasteiger charge is 2.10. The number of nitrogens with one attached hydrogen (secondary N) is 2. The summed E-state index contributed by atoms with van der Waals surface area (Å²) < 4.78 is 5.63. The molecule has 0 saturated carbocycles. The van der Waals surface area contributed by atoms with Crippen molar-refractivity contribution in [3.05, 3.63) is 64.3 Å². The molecule has 110 valence electrons. The van der Waals surface area contributed by atoms with Crippen LogP contribution in [0.15, 0.2) is 47.7 Å². The number of aromatic nitrogens is 4. The van der Waals surface area contributed by atoms with Crippen LogP contribution in [0.1, 0.15) is 15.9 Å². The summed E-state index contributed by atoms with van der Waals surface area (Å²) in [6, 6.07) is 6.67. The number of pyridine rings is 2. The fourth-order valence-electron chi connectivity index (χ4n) is 2.03. The first kappa shape index (κ1) is 13.7. The molecule has 0 aliphatic heterocycles. The van der Waals surface area contributed by atoms with E-state index in [1.807, 2.05) is 12.1 Å². The molecule has 7 heteroatoms. The predicted octanol–water partition coefficient (Wildman–Crippen LogP) is 1.55. The Morgan fingerprint density at radius 1 is 1.27 bits per heavy atom. The maximum atomic E-state index is 11.2. The van der Waals surface area contributed by atoms with E-state index in [-0.39, 0.29) is 17.7 Å². The summed E-state index contributed by atoms with van der Waals surface area (Å²) in [6.45, 7) is 0.203. The first-order valence-corrected chi connectivity index (χ1v) is 6.52. The normalized spacial score (nSPS) is 10.4. The Morgan fingerprint density at radius 3 is 2.95 bits per heavy atom. The lowest BCUT2D eigenvalue weighted by Gasteiger charge is -2.10. The second kappa shape index (κ2) is 6.04. The zero-order chi connectivity index (χ0) is 15.4. The molecule has 3 heterocycles. The van der Waals surface area contributed by atoms with Gasteiger partial charge in [-0.1, -0.05) is 6.07 Å². The van der Waals surface area contributed by atoms with Gasteiger partial charge in [0.15, 0.2) is 6.29 Å². The number of ether oxygens (including phenoxy) is 1. The molecule has 0 spiro atoms. The fraction of sp³-hybridized carbons (Fsp3) is 0.0667. The molecule has 0 radical (unpaired) electrons. The largest absolute Gasteiger partial charge is 0.487 e. The Kier molecular flexibility index (Phi) is 3.78. The van der Waals surface area contributed by atoms with E-state index in [1.54, 1.807) is 18.5 Å². The molecule has 3 aromatic rings. The van der Waals surface area contributed by atoms with E-state index in [0.717, 1.165) is 17.0 Å². The molecule has 0 aliphatic rings. The molecule has 0 fully saturated rings. The molecular weight excluding hydrogens is 284 g/mol. The summed E-state index contributed by atoms with van der Waals surface area (Å²) in [7, 11) is 0. The Bertz CT molecular complexity index is 840. The summed E-state index contributed by atoms with van der Waals surface area (Å²) in [5.41, 5.74) is 2.17. The van der Waals surface area contributed by atoms with Crippen LogP contribution in [0.5, 0.6) is 5.75 Å². The third kappa shape index (κ3) is 2.78. The van der Waals surface area contributed by atoms with Crippen molar-refractivity contribution >= 4 is 6.29 Å². The van der Waals surface area contributed by atoms with E-state index in [4.69, 9.17) is 4.74 Å². The first-order chi connectivity index (χ1) is 10.8. The monoisotopic (exact) mass is 296 g/mol. The number of aromatic amines is 2. The van der Waals surface area contributed by atoms with Crippen LogP contribution >= 0.6 is 0 Å². The van der Waals surface area contributed by atoms with Gasteiger partial charge < -0.3 is 9.72 Å². The maximum Gasteiger partial charge on any atom is 0.248 e. The Labute approximate surface area is 125 Å². The molecule has 0 saturated heterocycles. The zero-order valence-electron chi connectivity index (χ0n) is 11.4. The quantitative estimate of drug-likeness (QED) is 0.696. The molecule has 22 heavy (non-hydrogen) atoms. The summed E-state index contributed by atoms with van der Waals surface area (Å²) in [5.74, 6) is 0.314. The number of carbonyl (C=O) groups is 1. The van der Waals surface area contributed by atoms with Crippen molar-refractivity contribution < 1.29 is 9.53 Å². The van der Waals surface area contributed by atoms with Crippen LogP contribution in [0.4, 0.5) is 0 Å². The molecule has 0 amide bonds. The van der Waals surface area contributed by atoms with Crippen molar-refractivity contribution in [1.82, 2.24) is 20.2 Å². The second-order valence-corrected chi connectivity index (χ2v) is 4.50. The maximum absolute atomic E-state index is 11.2. The van der Waals surface area contributed by atoms with Gasteiger partial charge in [-0.25, -0.2) is 0 Å². The zero-order valence-corrected chi connectivity index (χ0v) is 11.4. The van der Waals surface area contributed by atoms with Crippen LogP contribution in [0.25, 0.3) is 11.4 Å². The van der Waals surface area contributed by atoms with Crippen molar-refractivity contribution in [2.24, 2.45) is 0 Å². The topological polar surface area (TPSA) is 101 Å². The second-order valence-electron chi connectivity index (χ2n) is 4.50. The number of hydrogen-bond donors (Lipinski definition) is 2. The van der Waals surface area contributed by atoms with E-state index in [9.17, 15) is 9.59 Å². The van der Waals surface area contributed by atoms with E-state index < -0.39 is 0 Å². The third-order valence-corrected chi connectivity index (χ3v) is 3.07. The number of rotatable bonds is 5. The van der Waals surface area contributed by atoms with Crippen molar-refractivity contribution in [2.75, 3.05) is 0 Å². The molecular formula is C15H12N4O3. The molecule has 2 N–H and O–H groups in total. The molecule has 0 atom stereocenters. The van der Waals surface area contributed by atoms with Crippen LogP contribution < -0.4 is 10.3 Å². The molecule has 0 aliphatic carbocycles. The SMILES string of the molecule is O=Cc1cc(=O)[nH]cc1OCc1cccnc1-c1ccn[nH]1. The number of hydrogen-bond acceptors (Lipinski definition) is 5. The molecule has 7 nitrogen and oxygen atoms in total. The highest BCUT2D eigenvalue weighted by atomic mass is 16.5. The van der Waals surface area contributed by atoms with Gasteiger partial charge in [0.2, 0.25) is 5.56 Å². The van der Waals surface area contributed by atoms with Crippen molar-refractivity contribution in [1.29, 1.82) is 0 Å². The predicted molar refractivity (Wildman–Crippen MR) is 78.6 cm³/mol. The Hall–Kier alpha value is -3.22. The molecule has 0 unspecified atom stereocenters. The number of aldehydes is 1. The van der Waals surface area contributed by atoms with Gasteiger partial charge in [-0.2, -0.15) is 5.10 Å². The average molecular weight is 296 g/mol. The Morgan fingerprint density at radius 2 is 2.18 bits per heavy atom. The van der Waals surface area contributed by atoms with Crippen LogP contribution in [-0.4, -0.2) is 26.5 Å². The lowest BCUT2D eigenvalue weighted by molar-refractivity contribution is 0.111. The standard InChI is InChI=1S/C15H12N4O3/c20-8-11-6-14(21)17-7-13(11)22-9-10-2-1-4-16-15(10)12-3-5-18-19-12/h1-8H,9H2,(H,17,21)(H,18,19). The smallest absolute Gasteiger partial charge is 0.248 e. The van der Waals surface area contributed by atoms with Gasteiger partial charge in [-0.3, -0.25) is 19.7 Å². The van der Waals surface area contributed by atoms with Gasteiger partial charge in [-0.15, -0.1) is 0 Å². The van der Waals surface area contributed by atoms with E-state index in [0.29, 0.717) is 12.0 Å². The van der Waals surface area contributed by atoms with E-state index in [1.165, 1.54) is 12.3 Å². The van der Waals surface area contributed by atoms with Crippen LogP contribution in [0, 0.1) is 0 Å². The first-order valence-electron chi connectivity index (χ1n) is 6.52. The minimum absolute atomic E-state index is 0.203. The highest BCUT2D eigenvalue weighted by Crippen LogP contribution is 2.21. The highest BCUT2D eigenvalue weighted by molar-refractivity contribution is 5.78. The molecule has 0 aromatic carbocycles. The van der Waals surface area contributed by atoms with Crippen molar-refractivity contribution in [2.45, 2.75) is 6.61 Å². The van der Waals surface area contributed by atoms with Gasteiger partial charge in [-0.05, 0) is 12.1 Å². The van der Waals surface area contributed by atoms with Gasteiger partial charge in [0.05, 0.1) is 17.0 Å². The summed E-state index contributed by atoms with van der Waals surface area (Å²) in [4.78, 5) is 29.0. The lowest BCUT2D eigenvalue weighted by Crippen LogP contribution is -2.08. The lowest BCUT2D eigenvalue weighted by atomic mass is 10.1. The molecule has 3 rings (SSSR count). The van der Waals surface area contributed by atoms with Gasteiger partial charge in [0.1, 0.15) is 12.4 Å². The van der Waals surface area contributed by atoms with Crippen molar-refractivity contribution in [3.8, 4) is 17.1 Å². The van der Waals surface area contributed by atoms with Crippen LogP contribution in [0.2, 0.25) is 0 Å². The van der Waals surface area contributed by atoms with E-state index >= 15 is 0 Å². The minimum atomic E-state index is -0.353. The van der Waals surface area contributed by atoms with Gasteiger partial charge in [0, 0.05) is 30.2 Å². The Balaban J connectivity index is 1.86. The van der Waals surface area contributed by atoms with E-state index in [2.05, 4.69) is 20.2 Å². The average Bonchev–Trinajstić information content (AvgIpc) is 3.08. The summed E-state index contributed by atoms with van der Waals surface area (Å²) >= 11 is 0. The third-order valence-electron chi connectivity index (χ3n) is 3.07. The van der Waals surface area contributed by atoms with Gasteiger partial charge >= 0.3 is 0 Å². The number of H-pyrrole nitrogens is 2. The summed E-state index contributed by atoms with van der Waals surface area (Å²) in [5, 5.41) is 6.75. The number of carbonyl (C=O) groups excluding carboxylic acids is 1. The van der Waals surface area contributed by atoms with Crippen molar-refractivity contribution in [3.63, 3.8) is 0 Å². The fourth-order valence-corrected chi connectivity index (χ4v) is 2.03. The van der Waals surface area contributed by atoms with Gasteiger partial charge in [0.25, 0.3) is 0 Å².